The zero-order valence-corrected chi connectivity index (χ0v) is 10.00. The fraction of sp³-hybridized carbons (Fsp3) is 0.769. The molecule has 0 saturated heterocycles. The number of hydrogen-bond acceptors (Lipinski definition) is 3. The Morgan fingerprint density at radius 3 is 2.88 bits per heavy atom. The maximum absolute atomic E-state index is 11.6. The van der Waals surface area contributed by atoms with E-state index in [0.717, 1.165) is 32.2 Å². The van der Waals surface area contributed by atoms with Crippen LogP contribution in [-0.4, -0.2) is 24.7 Å². The molecule has 3 nitrogen and oxygen atoms in total. The van der Waals surface area contributed by atoms with Gasteiger partial charge in [0.15, 0.2) is 0 Å². The van der Waals surface area contributed by atoms with Crippen LogP contribution < -0.4 is 5.32 Å². The first-order valence-electron chi connectivity index (χ1n) is 6.11. The molecule has 0 heterocycles. The van der Waals surface area contributed by atoms with Gasteiger partial charge in [-0.15, -0.1) is 12.3 Å². The third-order valence-corrected chi connectivity index (χ3v) is 2.89. The molecule has 90 valence electrons. The van der Waals surface area contributed by atoms with Gasteiger partial charge in [0.2, 0.25) is 0 Å². The summed E-state index contributed by atoms with van der Waals surface area (Å²) in [5, 5.41) is 3.12. The van der Waals surface area contributed by atoms with E-state index in [0.29, 0.717) is 0 Å². The van der Waals surface area contributed by atoms with Crippen molar-refractivity contribution in [1.29, 1.82) is 0 Å². The molecule has 16 heavy (non-hydrogen) atoms. The van der Waals surface area contributed by atoms with Crippen molar-refractivity contribution in [2.24, 2.45) is 0 Å². The van der Waals surface area contributed by atoms with E-state index >= 15 is 0 Å². The normalized spacial score (nSPS) is 18.0. The highest BCUT2D eigenvalue weighted by molar-refractivity contribution is 5.75. The van der Waals surface area contributed by atoms with Crippen LogP contribution in [0.25, 0.3) is 0 Å². The van der Waals surface area contributed by atoms with Gasteiger partial charge in [0.1, 0.15) is 12.1 Å². The van der Waals surface area contributed by atoms with Crippen LogP contribution in [0.3, 0.4) is 0 Å². The van der Waals surface area contributed by atoms with Crippen molar-refractivity contribution in [3.8, 4) is 12.3 Å². The lowest BCUT2D eigenvalue weighted by atomic mass is 10.2. The average Bonchev–Trinajstić information content (AvgIpc) is 2.76. The molecule has 1 fully saturated rings. The number of rotatable bonds is 6. The van der Waals surface area contributed by atoms with Gasteiger partial charge in [-0.05, 0) is 45.6 Å². The zero-order chi connectivity index (χ0) is 11.8. The van der Waals surface area contributed by atoms with E-state index in [1.807, 2.05) is 6.92 Å². The number of carbonyl (C=O) groups excluding carboxylic acids is 1. The molecule has 0 amide bonds. The van der Waals surface area contributed by atoms with Crippen LogP contribution in [0.2, 0.25) is 0 Å². The number of terminal acetylenes is 1. The molecule has 1 aliphatic rings. The molecule has 0 aromatic rings. The molecular weight excluding hydrogens is 202 g/mol. The van der Waals surface area contributed by atoms with Gasteiger partial charge in [-0.2, -0.15) is 0 Å². The van der Waals surface area contributed by atoms with Crippen LogP contribution in [0.1, 0.15) is 45.4 Å². The minimum absolute atomic E-state index is 0.132. The molecule has 1 N–H and O–H groups in total. The lowest BCUT2D eigenvalue weighted by Gasteiger charge is -2.16. The third kappa shape index (κ3) is 4.67. The summed E-state index contributed by atoms with van der Waals surface area (Å²) in [6.45, 7) is 2.61. The van der Waals surface area contributed by atoms with E-state index < -0.39 is 0 Å². The van der Waals surface area contributed by atoms with Crippen LogP contribution >= 0.6 is 0 Å². The second-order valence-electron chi connectivity index (χ2n) is 4.33. The Hall–Kier alpha value is -1.01. The summed E-state index contributed by atoms with van der Waals surface area (Å²) in [5.41, 5.74) is 0. The molecule has 0 aromatic carbocycles. The van der Waals surface area contributed by atoms with Crippen molar-refractivity contribution in [2.75, 3.05) is 6.54 Å². The molecule has 0 radical (unpaired) electrons. The van der Waals surface area contributed by atoms with Crippen LogP contribution in [-0.2, 0) is 9.53 Å². The van der Waals surface area contributed by atoms with Gasteiger partial charge < -0.3 is 10.1 Å². The van der Waals surface area contributed by atoms with Crippen molar-refractivity contribution in [1.82, 2.24) is 5.32 Å². The second kappa shape index (κ2) is 7.29. The monoisotopic (exact) mass is 223 g/mol. The predicted octanol–water partition coefficient (Wildman–Crippen LogP) is 1.86. The zero-order valence-electron chi connectivity index (χ0n) is 10.00. The Morgan fingerprint density at radius 1 is 1.56 bits per heavy atom. The number of ether oxygens (including phenoxy) is 1. The second-order valence-corrected chi connectivity index (χ2v) is 4.33. The summed E-state index contributed by atoms with van der Waals surface area (Å²) in [4.78, 5) is 11.6. The topological polar surface area (TPSA) is 38.3 Å². The fourth-order valence-electron chi connectivity index (χ4n) is 1.86. The van der Waals surface area contributed by atoms with Gasteiger partial charge in [-0.3, -0.25) is 4.79 Å². The van der Waals surface area contributed by atoms with E-state index in [9.17, 15) is 4.79 Å². The quantitative estimate of drug-likeness (QED) is 0.424. The summed E-state index contributed by atoms with van der Waals surface area (Å²) in [6.07, 6.45) is 11.4. The minimum atomic E-state index is -0.224. The molecule has 1 atom stereocenters. The molecule has 1 rings (SSSR count). The molecule has 0 spiro atoms. The lowest BCUT2D eigenvalue weighted by molar-refractivity contribution is -0.150. The highest BCUT2D eigenvalue weighted by Crippen LogP contribution is 2.21. The molecule has 3 heteroatoms. The molecule has 1 saturated carbocycles. The first-order valence-corrected chi connectivity index (χ1v) is 6.11. The standard InChI is InChI=1S/C13H21NO2/c1-3-4-7-10-14-11(2)13(15)16-12-8-5-6-9-12/h1,11-12,14H,4-10H2,2H3/t11-/m0/s1. The number of unbranched alkanes of at least 4 members (excludes halogenated alkanes) is 1. The largest absolute Gasteiger partial charge is 0.461 e. The summed E-state index contributed by atoms with van der Waals surface area (Å²) in [6, 6.07) is -0.224. The first-order chi connectivity index (χ1) is 7.74. The van der Waals surface area contributed by atoms with E-state index in [4.69, 9.17) is 11.2 Å². The van der Waals surface area contributed by atoms with Crippen molar-refractivity contribution in [2.45, 2.75) is 57.6 Å². The Bertz CT molecular complexity index is 251. The summed E-state index contributed by atoms with van der Waals surface area (Å²) in [5.74, 6) is 2.44. The van der Waals surface area contributed by atoms with Gasteiger partial charge in [0, 0.05) is 6.42 Å². The van der Waals surface area contributed by atoms with Crippen molar-refractivity contribution in [3.63, 3.8) is 0 Å². The molecule has 0 aromatic heterocycles. The molecule has 0 aliphatic heterocycles. The van der Waals surface area contributed by atoms with Crippen LogP contribution in [0.4, 0.5) is 0 Å². The van der Waals surface area contributed by atoms with E-state index in [1.54, 1.807) is 0 Å². The van der Waals surface area contributed by atoms with Crippen molar-refractivity contribution < 1.29 is 9.53 Å². The maximum atomic E-state index is 11.6. The van der Waals surface area contributed by atoms with Gasteiger partial charge in [-0.25, -0.2) is 0 Å². The Labute approximate surface area is 97.9 Å². The third-order valence-electron chi connectivity index (χ3n) is 2.89. The highest BCUT2D eigenvalue weighted by Gasteiger charge is 2.22. The average molecular weight is 223 g/mol. The minimum Gasteiger partial charge on any atom is -0.461 e. The van der Waals surface area contributed by atoms with Crippen molar-refractivity contribution in [3.05, 3.63) is 0 Å². The summed E-state index contributed by atoms with van der Waals surface area (Å²) >= 11 is 0. The predicted molar refractivity (Wildman–Crippen MR) is 63.9 cm³/mol. The Balaban J connectivity index is 2.12. The van der Waals surface area contributed by atoms with Gasteiger partial charge in [0.25, 0.3) is 0 Å². The fourth-order valence-corrected chi connectivity index (χ4v) is 1.86. The smallest absolute Gasteiger partial charge is 0.323 e. The van der Waals surface area contributed by atoms with Crippen LogP contribution in [0.5, 0.6) is 0 Å². The maximum Gasteiger partial charge on any atom is 0.323 e. The van der Waals surface area contributed by atoms with Crippen molar-refractivity contribution >= 4 is 5.97 Å². The van der Waals surface area contributed by atoms with Crippen LogP contribution in [0, 0.1) is 12.3 Å². The van der Waals surface area contributed by atoms with E-state index in [2.05, 4.69) is 11.2 Å². The molecule has 0 unspecified atom stereocenters. The number of hydrogen-bond donors (Lipinski definition) is 1. The number of esters is 1. The van der Waals surface area contributed by atoms with E-state index in [-0.39, 0.29) is 18.1 Å². The lowest BCUT2D eigenvalue weighted by Crippen LogP contribution is -2.37. The van der Waals surface area contributed by atoms with Crippen LogP contribution in [0.15, 0.2) is 0 Å². The number of carbonyl (C=O) groups is 1. The van der Waals surface area contributed by atoms with Gasteiger partial charge >= 0.3 is 5.97 Å². The summed E-state index contributed by atoms with van der Waals surface area (Å²) < 4.78 is 5.39. The SMILES string of the molecule is C#CCCCN[C@@H](C)C(=O)OC1CCCC1. The molecule has 1 aliphatic carbocycles. The van der Waals surface area contributed by atoms with Gasteiger partial charge in [0.05, 0.1) is 0 Å². The molecule has 0 bridgehead atoms. The Morgan fingerprint density at radius 2 is 2.25 bits per heavy atom. The molecular formula is C13H21NO2. The summed E-state index contributed by atoms with van der Waals surface area (Å²) in [7, 11) is 0. The van der Waals surface area contributed by atoms with E-state index in [1.165, 1.54) is 12.8 Å². The van der Waals surface area contributed by atoms with Gasteiger partial charge in [-0.1, -0.05) is 0 Å². The first kappa shape index (κ1) is 13.1. The highest BCUT2D eigenvalue weighted by atomic mass is 16.5. The number of nitrogens with one attached hydrogen (secondary N) is 1. The Kier molecular flexibility index (Phi) is 5.95.